The van der Waals surface area contributed by atoms with Crippen molar-refractivity contribution in [3.63, 3.8) is 0 Å². The van der Waals surface area contributed by atoms with E-state index in [9.17, 15) is 13.5 Å². The maximum atomic E-state index is 11.9. The van der Waals surface area contributed by atoms with Gasteiger partial charge in [0.25, 0.3) is 0 Å². The van der Waals surface area contributed by atoms with E-state index in [0.717, 1.165) is 5.56 Å². The standard InChI is InChI=1S/C11H16ClNO3S/c1-3-9(14)7-13-17(15,16)11-5-4-8(2)6-10(11)12/h4-6,9,13-14H,3,7H2,1-2H3. The molecule has 4 nitrogen and oxygen atoms in total. The molecular formula is C11H16ClNO3S. The molecule has 6 heteroatoms. The van der Waals surface area contributed by atoms with Crippen LogP contribution >= 0.6 is 11.6 Å². The fraction of sp³-hybridized carbons (Fsp3) is 0.455. The lowest BCUT2D eigenvalue weighted by molar-refractivity contribution is 0.174. The van der Waals surface area contributed by atoms with E-state index in [-0.39, 0.29) is 16.5 Å². The van der Waals surface area contributed by atoms with Gasteiger partial charge in [-0.1, -0.05) is 24.6 Å². The molecule has 1 atom stereocenters. The monoisotopic (exact) mass is 277 g/mol. The molecule has 0 bridgehead atoms. The third kappa shape index (κ3) is 3.96. The molecule has 0 aliphatic carbocycles. The zero-order valence-electron chi connectivity index (χ0n) is 9.77. The third-order valence-electron chi connectivity index (χ3n) is 2.36. The molecule has 1 aromatic carbocycles. The molecule has 0 saturated carbocycles. The number of hydrogen-bond acceptors (Lipinski definition) is 3. The first-order valence-corrected chi connectivity index (χ1v) is 7.17. The van der Waals surface area contributed by atoms with Gasteiger partial charge in [0.15, 0.2) is 0 Å². The quantitative estimate of drug-likeness (QED) is 0.861. The molecule has 0 aliphatic heterocycles. The molecule has 1 aromatic rings. The summed E-state index contributed by atoms with van der Waals surface area (Å²) in [4.78, 5) is 0.0352. The number of hydrogen-bond donors (Lipinski definition) is 2. The topological polar surface area (TPSA) is 66.4 Å². The van der Waals surface area contributed by atoms with E-state index >= 15 is 0 Å². The third-order valence-corrected chi connectivity index (χ3v) is 4.26. The van der Waals surface area contributed by atoms with E-state index < -0.39 is 16.1 Å². The average Bonchev–Trinajstić information content (AvgIpc) is 2.25. The highest BCUT2D eigenvalue weighted by Crippen LogP contribution is 2.22. The van der Waals surface area contributed by atoms with Crippen molar-refractivity contribution in [1.29, 1.82) is 0 Å². The van der Waals surface area contributed by atoms with Gasteiger partial charge in [0.05, 0.1) is 11.1 Å². The molecular weight excluding hydrogens is 262 g/mol. The lowest BCUT2D eigenvalue weighted by Crippen LogP contribution is -2.31. The SMILES string of the molecule is CCC(O)CNS(=O)(=O)c1ccc(C)cc1Cl. The lowest BCUT2D eigenvalue weighted by Gasteiger charge is -2.11. The Hall–Kier alpha value is -0.620. The van der Waals surface area contributed by atoms with E-state index in [1.165, 1.54) is 6.07 Å². The highest BCUT2D eigenvalue weighted by atomic mass is 35.5. The molecule has 2 N–H and O–H groups in total. The molecule has 1 rings (SSSR count). The summed E-state index contributed by atoms with van der Waals surface area (Å²) >= 11 is 5.88. The number of aliphatic hydroxyl groups excluding tert-OH is 1. The summed E-state index contributed by atoms with van der Waals surface area (Å²) in [5.74, 6) is 0. The molecule has 96 valence electrons. The van der Waals surface area contributed by atoms with Gasteiger partial charge < -0.3 is 5.11 Å². The van der Waals surface area contributed by atoms with Crippen molar-refractivity contribution >= 4 is 21.6 Å². The van der Waals surface area contributed by atoms with Crippen molar-refractivity contribution in [3.05, 3.63) is 28.8 Å². The van der Waals surface area contributed by atoms with Crippen LogP contribution in [0, 0.1) is 6.92 Å². The number of aliphatic hydroxyl groups is 1. The van der Waals surface area contributed by atoms with Crippen LogP contribution in [0.15, 0.2) is 23.1 Å². The molecule has 0 aliphatic rings. The summed E-state index contributed by atoms with van der Waals surface area (Å²) in [6.45, 7) is 3.59. The Morgan fingerprint density at radius 1 is 1.47 bits per heavy atom. The average molecular weight is 278 g/mol. The second-order valence-corrected chi connectivity index (χ2v) is 5.99. The first-order chi connectivity index (χ1) is 7.86. The number of sulfonamides is 1. The van der Waals surface area contributed by atoms with Gasteiger partial charge in [-0.2, -0.15) is 0 Å². The van der Waals surface area contributed by atoms with Crippen molar-refractivity contribution in [2.24, 2.45) is 0 Å². The fourth-order valence-electron chi connectivity index (χ4n) is 1.25. The van der Waals surface area contributed by atoms with Crippen LogP contribution < -0.4 is 4.72 Å². The predicted molar refractivity (Wildman–Crippen MR) is 67.7 cm³/mol. The van der Waals surface area contributed by atoms with Crippen LogP contribution in [0.25, 0.3) is 0 Å². The zero-order valence-corrected chi connectivity index (χ0v) is 11.3. The zero-order chi connectivity index (χ0) is 13.1. The lowest BCUT2D eigenvalue weighted by atomic mass is 10.2. The molecule has 1 unspecified atom stereocenters. The smallest absolute Gasteiger partial charge is 0.242 e. The van der Waals surface area contributed by atoms with Gasteiger partial charge in [-0.05, 0) is 31.0 Å². The summed E-state index contributed by atoms with van der Waals surface area (Å²) in [6.07, 6.45) is -0.196. The van der Waals surface area contributed by atoms with Crippen molar-refractivity contribution in [2.75, 3.05) is 6.54 Å². The second kappa shape index (κ2) is 5.82. The Morgan fingerprint density at radius 3 is 2.65 bits per heavy atom. The summed E-state index contributed by atoms with van der Waals surface area (Å²) in [7, 11) is -3.65. The Morgan fingerprint density at radius 2 is 2.12 bits per heavy atom. The summed E-state index contributed by atoms with van der Waals surface area (Å²) in [5.41, 5.74) is 0.891. The van der Waals surface area contributed by atoms with E-state index in [1.54, 1.807) is 19.1 Å². The molecule has 0 radical (unpaired) electrons. The maximum Gasteiger partial charge on any atom is 0.242 e. The van der Waals surface area contributed by atoms with E-state index in [1.807, 2.05) is 6.92 Å². The van der Waals surface area contributed by atoms with Crippen LogP contribution in [0.1, 0.15) is 18.9 Å². The summed E-state index contributed by atoms with van der Waals surface area (Å²) in [5, 5.41) is 9.51. The Kier molecular flexibility index (Phi) is 4.94. The molecule has 0 spiro atoms. The number of nitrogens with one attached hydrogen (secondary N) is 1. The minimum Gasteiger partial charge on any atom is -0.392 e. The van der Waals surface area contributed by atoms with Gasteiger partial charge in [-0.15, -0.1) is 0 Å². The van der Waals surface area contributed by atoms with Crippen LogP contribution in [0.4, 0.5) is 0 Å². The summed E-state index contributed by atoms with van der Waals surface area (Å²) in [6, 6.07) is 4.72. The van der Waals surface area contributed by atoms with Gasteiger partial charge in [-0.25, -0.2) is 13.1 Å². The largest absolute Gasteiger partial charge is 0.392 e. The molecule has 0 aromatic heterocycles. The molecule has 0 amide bonds. The van der Waals surface area contributed by atoms with Gasteiger partial charge in [0.2, 0.25) is 10.0 Å². The van der Waals surface area contributed by atoms with Crippen LogP contribution in [-0.2, 0) is 10.0 Å². The van der Waals surface area contributed by atoms with Crippen LogP contribution in [0.5, 0.6) is 0 Å². The van der Waals surface area contributed by atoms with Crippen LogP contribution in [-0.4, -0.2) is 26.2 Å². The normalized spacial score (nSPS) is 13.6. The maximum absolute atomic E-state index is 11.9. The molecule has 17 heavy (non-hydrogen) atoms. The van der Waals surface area contributed by atoms with E-state index in [2.05, 4.69) is 4.72 Å². The minimum atomic E-state index is -3.65. The van der Waals surface area contributed by atoms with Crippen LogP contribution in [0.3, 0.4) is 0 Å². The van der Waals surface area contributed by atoms with E-state index in [0.29, 0.717) is 6.42 Å². The first kappa shape index (κ1) is 14.4. The molecule has 0 heterocycles. The van der Waals surface area contributed by atoms with Crippen molar-refractivity contribution in [2.45, 2.75) is 31.3 Å². The second-order valence-electron chi connectivity index (χ2n) is 3.85. The van der Waals surface area contributed by atoms with Gasteiger partial charge >= 0.3 is 0 Å². The van der Waals surface area contributed by atoms with Crippen molar-refractivity contribution in [3.8, 4) is 0 Å². The van der Waals surface area contributed by atoms with E-state index in [4.69, 9.17) is 11.6 Å². The molecule has 0 saturated heterocycles. The van der Waals surface area contributed by atoms with Gasteiger partial charge in [0.1, 0.15) is 4.90 Å². The highest BCUT2D eigenvalue weighted by molar-refractivity contribution is 7.89. The number of rotatable bonds is 5. The summed E-state index contributed by atoms with van der Waals surface area (Å²) < 4.78 is 26.1. The Bertz CT molecular complexity index is 487. The number of aryl methyl sites for hydroxylation is 1. The minimum absolute atomic E-state index is 0.0109. The van der Waals surface area contributed by atoms with Crippen molar-refractivity contribution < 1.29 is 13.5 Å². The van der Waals surface area contributed by atoms with Crippen LogP contribution in [0.2, 0.25) is 5.02 Å². The Balaban J connectivity index is 2.90. The Labute approximate surface area is 107 Å². The fourth-order valence-corrected chi connectivity index (χ4v) is 2.92. The molecule has 0 fully saturated rings. The number of halogens is 1. The predicted octanol–water partition coefficient (Wildman–Crippen LogP) is 1.70. The number of benzene rings is 1. The van der Waals surface area contributed by atoms with Gasteiger partial charge in [-0.3, -0.25) is 0 Å². The van der Waals surface area contributed by atoms with Gasteiger partial charge in [0, 0.05) is 6.54 Å². The first-order valence-electron chi connectivity index (χ1n) is 5.30. The highest BCUT2D eigenvalue weighted by Gasteiger charge is 2.18. The van der Waals surface area contributed by atoms with Crippen molar-refractivity contribution in [1.82, 2.24) is 4.72 Å².